The number of rotatable bonds is 6. The number of nitrogens with one attached hydrogen (secondary N) is 2. The molecule has 7 nitrogen and oxygen atoms in total. The summed E-state index contributed by atoms with van der Waals surface area (Å²) in [7, 11) is 0. The number of aliphatic carboxylic acids is 1. The van der Waals surface area contributed by atoms with Gasteiger partial charge in [0.25, 0.3) is 5.91 Å². The van der Waals surface area contributed by atoms with Gasteiger partial charge in [-0.05, 0) is 42.0 Å². The molecule has 0 atom stereocenters. The number of halogens is 1. The molecule has 0 aliphatic carbocycles. The van der Waals surface area contributed by atoms with Crippen LogP contribution >= 0.6 is 15.9 Å². The number of amides is 2. The highest BCUT2D eigenvalue weighted by atomic mass is 79.9. The van der Waals surface area contributed by atoms with Gasteiger partial charge in [-0.25, -0.2) is 10.2 Å². The third kappa shape index (κ3) is 6.33. The lowest BCUT2D eigenvalue weighted by molar-refractivity contribution is -0.131. The monoisotopic (exact) mass is 415 g/mol. The molecule has 26 heavy (non-hydrogen) atoms. The molecule has 2 rings (SSSR count). The molecule has 0 fully saturated rings. The molecule has 0 aliphatic heterocycles. The fourth-order valence-electron chi connectivity index (χ4n) is 1.81. The fraction of sp³-hybridized carbons (Fsp3) is 0. The van der Waals surface area contributed by atoms with Crippen molar-refractivity contribution in [2.75, 3.05) is 5.32 Å². The van der Waals surface area contributed by atoms with Gasteiger partial charge in [0.05, 0.1) is 6.21 Å². The smallest absolute Gasteiger partial charge is 0.328 e. The lowest BCUT2D eigenvalue weighted by Crippen LogP contribution is -2.17. The first kappa shape index (κ1) is 19.1. The zero-order valence-electron chi connectivity index (χ0n) is 13.3. The molecule has 0 aromatic heterocycles. The molecule has 2 aromatic carbocycles. The Morgan fingerprint density at radius 1 is 0.962 bits per heavy atom. The largest absolute Gasteiger partial charge is 0.478 e. The van der Waals surface area contributed by atoms with Crippen LogP contribution in [-0.4, -0.2) is 29.1 Å². The van der Waals surface area contributed by atoms with E-state index in [0.29, 0.717) is 11.3 Å². The van der Waals surface area contributed by atoms with Gasteiger partial charge in [0.2, 0.25) is 5.91 Å². The average molecular weight is 416 g/mol. The molecule has 0 saturated carbocycles. The van der Waals surface area contributed by atoms with Crippen molar-refractivity contribution in [2.45, 2.75) is 0 Å². The van der Waals surface area contributed by atoms with Crippen LogP contribution in [0.15, 0.2) is 70.3 Å². The van der Waals surface area contributed by atoms with E-state index >= 15 is 0 Å². The van der Waals surface area contributed by atoms with E-state index in [1.54, 1.807) is 0 Å². The van der Waals surface area contributed by atoms with Crippen LogP contribution in [0.4, 0.5) is 5.69 Å². The number of carboxylic acids is 1. The molecule has 0 radical (unpaired) electrons. The molecule has 132 valence electrons. The minimum Gasteiger partial charge on any atom is -0.478 e. The SMILES string of the molecule is O=C(O)/C=C/C(=O)Nc1ccc(C(=O)N/N=C/c2ccc(Br)cc2)cc1. The van der Waals surface area contributed by atoms with Crippen molar-refractivity contribution in [3.63, 3.8) is 0 Å². The Hall–Kier alpha value is -3.26. The van der Waals surface area contributed by atoms with E-state index in [2.05, 4.69) is 31.8 Å². The summed E-state index contributed by atoms with van der Waals surface area (Å²) in [4.78, 5) is 33.8. The maximum atomic E-state index is 12.0. The van der Waals surface area contributed by atoms with Gasteiger partial charge >= 0.3 is 5.97 Å². The Morgan fingerprint density at radius 3 is 2.23 bits per heavy atom. The first-order valence-electron chi connectivity index (χ1n) is 7.35. The molecule has 0 unspecified atom stereocenters. The maximum absolute atomic E-state index is 12.0. The van der Waals surface area contributed by atoms with Crippen molar-refractivity contribution in [2.24, 2.45) is 5.10 Å². The standard InChI is InChI=1S/C18H14BrN3O4/c19-14-5-1-12(2-6-14)11-20-22-18(26)13-3-7-15(8-4-13)21-16(23)9-10-17(24)25/h1-11H,(H,21,23)(H,22,26)(H,24,25)/b10-9+,20-11+. The van der Waals surface area contributed by atoms with E-state index in [9.17, 15) is 14.4 Å². The first-order chi connectivity index (χ1) is 12.4. The normalized spacial score (nSPS) is 10.8. The summed E-state index contributed by atoms with van der Waals surface area (Å²) in [6, 6.07) is 13.5. The second kappa shape index (κ2) is 9.28. The summed E-state index contributed by atoms with van der Waals surface area (Å²) < 4.78 is 0.948. The highest BCUT2D eigenvalue weighted by Gasteiger charge is 2.05. The molecule has 2 amide bonds. The summed E-state index contributed by atoms with van der Waals surface area (Å²) in [6.45, 7) is 0. The Kier molecular flexibility index (Phi) is 6.81. The quantitative estimate of drug-likeness (QED) is 0.382. The second-order valence-electron chi connectivity index (χ2n) is 4.99. The summed E-state index contributed by atoms with van der Waals surface area (Å²) in [5.74, 6) is -2.19. The number of nitrogens with zero attached hydrogens (tertiary/aromatic N) is 1. The number of carboxylic acid groups (broad SMARTS) is 1. The molecule has 0 saturated heterocycles. The van der Waals surface area contributed by atoms with Crippen molar-refractivity contribution in [3.05, 3.63) is 76.3 Å². The van der Waals surface area contributed by atoms with Crippen molar-refractivity contribution in [1.29, 1.82) is 0 Å². The number of hydrogen-bond donors (Lipinski definition) is 3. The number of hydrazone groups is 1. The lowest BCUT2D eigenvalue weighted by Gasteiger charge is -2.04. The van der Waals surface area contributed by atoms with E-state index in [-0.39, 0.29) is 0 Å². The zero-order chi connectivity index (χ0) is 18.9. The summed E-state index contributed by atoms with van der Waals surface area (Å²) >= 11 is 3.33. The summed E-state index contributed by atoms with van der Waals surface area (Å²) in [5, 5.41) is 14.8. The maximum Gasteiger partial charge on any atom is 0.328 e. The number of carbonyl (C=O) groups is 3. The van der Waals surface area contributed by atoms with Crippen molar-refractivity contribution < 1.29 is 19.5 Å². The van der Waals surface area contributed by atoms with Gasteiger partial charge in [0.1, 0.15) is 0 Å². The highest BCUT2D eigenvalue weighted by molar-refractivity contribution is 9.10. The van der Waals surface area contributed by atoms with E-state index in [1.165, 1.54) is 30.5 Å². The molecule has 3 N–H and O–H groups in total. The number of hydrogen-bond acceptors (Lipinski definition) is 4. The summed E-state index contributed by atoms with van der Waals surface area (Å²) in [6.07, 6.45) is 3.16. The predicted octanol–water partition coefficient (Wildman–Crippen LogP) is 2.79. The molecular formula is C18H14BrN3O4. The minimum atomic E-state index is -1.21. The molecular weight excluding hydrogens is 402 g/mol. The Labute approximate surface area is 157 Å². The molecule has 0 bridgehead atoms. The predicted molar refractivity (Wildman–Crippen MR) is 101 cm³/mol. The van der Waals surface area contributed by atoms with E-state index in [1.807, 2.05) is 24.3 Å². The first-order valence-corrected chi connectivity index (χ1v) is 8.14. The number of anilines is 1. The third-order valence-electron chi connectivity index (χ3n) is 3.04. The Balaban J connectivity index is 1.90. The van der Waals surface area contributed by atoms with Crippen molar-refractivity contribution >= 4 is 45.6 Å². The van der Waals surface area contributed by atoms with Crippen LogP contribution < -0.4 is 10.7 Å². The number of carbonyl (C=O) groups excluding carboxylic acids is 2. The van der Waals surface area contributed by atoms with E-state index in [0.717, 1.165) is 22.2 Å². The molecule has 0 heterocycles. The van der Waals surface area contributed by atoms with Gasteiger partial charge in [-0.15, -0.1) is 0 Å². The van der Waals surface area contributed by atoms with Crippen molar-refractivity contribution in [3.8, 4) is 0 Å². The van der Waals surface area contributed by atoms with Crippen molar-refractivity contribution in [1.82, 2.24) is 5.43 Å². The second-order valence-corrected chi connectivity index (χ2v) is 5.90. The lowest BCUT2D eigenvalue weighted by atomic mass is 10.2. The summed E-state index contributed by atoms with van der Waals surface area (Å²) in [5.41, 5.74) is 4.03. The molecule has 0 spiro atoms. The minimum absolute atomic E-state index is 0.358. The highest BCUT2D eigenvalue weighted by Crippen LogP contribution is 2.10. The Morgan fingerprint density at radius 2 is 1.62 bits per heavy atom. The van der Waals surface area contributed by atoms with Crippen LogP contribution in [0.2, 0.25) is 0 Å². The Bertz CT molecular complexity index is 859. The van der Waals surface area contributed by atoms with E-state index < -0.39 is 17.8 Å². The zero-order valence-corrected chi connectivity index (χ0v) is 14.9. The van der Waals surface area contributed by atoms with Gasteiger partial charge in [0, 0.05) is 27.9 Å². The molecule has 8 heteroatoms. The van der Waals surface area contributed by atoms with Crippen LogP contribution in [0.3, 0.4) is 0 Å². The molecule has 2 aromatic rings. The van der Waals surface area contributed by atoms with Crippen LogP contribution in [0.5, 0.6) is 0 Å². The van der Waals surface area contributed by atoms with Crippen LogP contribution in [0.1, 0.15) is 15.9 Å². The van der Waals surface area contributed by atoms with Gasteiger partial charge < -0.3 is 10.4 Å². The molecule has 0 aliphatic rings. The van der Waals surface area contributed by atoms with Crippen LogP contribution in [0, 0.1) is 0 Å². The average Bonchev–Trinajstić information content (AvgIpc) is 2.62. The van der Waals surface area contributed by atoms with Gasteiger partial charge in [-0.2, -0.15) is 5.10 Å². The van der Waals surface area contributed by atoms with Gasteiger partial charge in [-0.1, -0.05) is 28.1 Å². The van der Waals surface area contributed by atoms with Crippen LogP contribution in [0.25, 0.3) is 0 Å². The third-order valence-corrected chi connectivity index (χ3v) is 3.57. The van der Waals surface area contributed by atoms with E-state index in [4.69, 9.17) is 5.11 Å². The van der Waals surface area contributed by atoms with Crippen LogP contribution in [-0.2, 0) is 9.59 Å². The van der Waals surface area contributed by atoms with Gasteiger partial charge in [0.15, 0.2) is 0 Å². The topological polar surface area (TPSA) is 108 Å². The fourth-order valence-corrected chi connectivity index (χ4v) is 2.08. The van der Waals surface area contributed by atoms with Gasteiger partial charge in [-0.3, -0.25) is 9.59 Å². The number of benzene rings is 2.